The van der Waals surface area contributed by atoms with E-state index in [1.807, 2.05) is 38.1 Å². The van der Waals surface area contributed by atoms with Crippen LogP contribution in [0.4, 0.5) is 17.6 Å². The Morgan fingerprint density at radius 1 is 1.04 bits per heavy atom. The third-order valence-electron chi connectivity index (χ3n) is 3.64. The van der Waals surface area contributed by atoms with E-state index in [1.165, 1.54) is 5.56 Å². The van der Waals surface area contributed by atoms with Crippen LogP contribution in [-0.4, -0.2) is 24.9 Å². The first kappa shape index (κ1) is 18.1. The molecule has 0 bridgehead atoms. The second-order valence-electron chi connectivity index (χ2n) is 5.75. The lowest BCUT2D eigenvalue weighted by Crippen LogP contribution is -2.07. The quantitative estimate of drug-likeness (QED) is 0.504. The van der Waals surface area contributed by atoms with Gasteiger partial charge in [-0.2, -0.15) is 15.0 Å². The van der Waals surface area contributed by atoms with Crippen LogP contribution in [0.5, 0.6) is 0 Å². The van der Waals surface area contributed by atoms with Crippen molar-refractivity contribution in [3.05, 3.63) is 53.2 Å². The molecule has 2 aromatic heterocycles. The SMILES string of the molecule is CCc1ccccc1Nc1nc(N)nc(CSc2cc(C)nc(C)n2)n1. The Morgan fingerprint density at radius 2 is 1.85 bits per heavy atom. The van der Waals surface area contributed by atoms with Crippen molar-refractivity contribution in [1.29, 1.82) is 0 Å². The number of hydrogen-bond donors (Lipinski definition) is 2. The first-order valence-electron chi connectivity index (χ1n) is 8.34. The zero-order valence-corrected chi connectivity index (χ0v) is 15.8. The van der Waals surface area contributed by atoms with Gasteiger partial charge in [0.2, 0.25) is 11.9 Å². The summed E-state index contributed by atoms with van der Waals surface area (Å²) in [5.74, 6) is 2.55. The highest BCUT2D eigenvalue weighted by Crippen LogP contribution is 2.22. The van der Waals surface area contributed by atoms with Crippen molar-refractivity contribution in [3.63, 3.8) is 0 Å². The molecule has 0 saturated carbocycles. The van der Waals surface area contributed by atoms with Gasteiger partial charge in [-0.15, -0.1) is 0 Å². The molecule has 0 unspecified atom stereocenters. The van der Waals surface area contributed by atoms with Gasteiger partial charge in [0.05, 0.1) is 5.75 Å². The van der Waals surface area contributed by atoms with Gasteiger partial charge in [-0.25, -0.2) is 9.97 Å². The van der Waals surface area contributed by atoms with E-state index in [0.29, 0.717) is 17.5 Å². The summed E-state index contributed by atoms with van der Waals surface area (Å²) in [6.07, 6.45) is 0.916. The number of aromatic nitrogens is 5. The Kier molecular flexibility index (Phi) is 5.62. The number of para-hydroxylation sites is 1. The summed E-state index contributed by atoms with van der Waals surface area (Å²) >= 11 is 1.55. The minimum atomic E-state index is 0.196. The standard InChI is InChI=1S/C18H21N7S/c1-4-13-7-5-6-8-14(13)22-18-24-15(23-17(19)25-18)10-26-16-9-11(2)20-12(3)21-16/h5-9H,4,10H2,1-3H3,(H3,19,22,23,24,25). The average Bonchev–Trinajstić information content (AvgIpc) is 2.59. The first-order chi connectivity index (χ1) is 12.5. The molecule has 0 radical (unpaired) electrons. The molecule has 0 amide bonds. The van der Waals surface area contributed by atoms with Crippen LogP contribution in [0.3, 0.4) is 0 Å². The van der Waals surface area contributed by atoms with Gasteiger partial charge in [0.15, 0.2) is 0 Å². The van der Waals surface area contributed by atoms with Gasteiger partial charge in [-0.05, 0) is 38.0 Å². The normalized spacial score (nSPS) is 10.7. The molecular formula is C18H21N7S. The van der Waals surface area contributed by atoms with Crippen LogP contribution >= 0.6 is 11.8 Å². The molecule has 7 nitrogen and oxygen atoms in total. The molecule has 2 heterocycles. The molecule has 134 valence electrons. The van der Waals surface area contributed by atoms with Crippen molar-refractivity contribution in [2.75, 3.05) is 11.1 Å². The van der Waals surface area contributed by atoms with Crippen molar-refractivity contribution in [1.82, 2.24) is 24.9 Å². The van der Waals surface area contributed by atoms with Crippen LogP contribution in [0, 0.1) is 13.8 Å². The molecule has 0 aliphatic carbocycles. The maximum absolute atomic E-state index is 5.86. The Labute approximate surface area is 156 Å². The summed E-state index contributed by atoms with van der Waals surface area (Å²) in [5, 5.41) is 4.13. The summed E-state index contributed by atoms with van der Waals surface area (Å²) in [6.45, 7) is 5.94. The second-order valence-corrected chi connectivity index (χ2v) is 6.75. The van der Waals surface area contributed by atoms with E-state index in [9.17, 15) is 0 Å². The maximum Gasteiger partial charge on any atom is 0.232 e. The average molecular weight is 367 g/mol. The van der Waals surface area contributed by atoms with Crippen molar-refractivity contribution in [2.45, 2.75) is 38.0 Å². The number of anilines is 3. The zero-order valence-electron chi connectivity index (χ0n) is 15.0. The minimum Gasteiger partial charge on any atom is -0.368 e. The predicted molar refractivity (Wildman–Crippen MR) is 104 cm³/mol. The van der Waals surface area contributed by atoms with Crippen LogP contribution in [0.1, 0.15) is 29.8 Å². The van der Waals surface area contributed by atoms with E-state index in [2.05, 4.69) is 43.2 Å². The van der Waals surface area contributed by atoms with Gasteiger partial charge < -0.3 is 11.1 Å². The molecule has 0 spiro atoms. The van der Waals surface area contributed by atoms with Gasteiger partial charge in [0.25, 0.3) is 0 Å². The highest BCUT2D eigenvalue weighted by atomic mass is 32.2. The van der Waals surface area contributed by atoms with Crippen LogP contribution < -0.4 is 11.1 Å². The van der Waals surface area contributed by atoms with Crippen molar-refractivity contribution in [3.8, 4) is 0 Å². The summed E-state index contributed by atoms with van der Waals surface area (Å²) in [4.78, 5) is 21.6. The van der Waals surface area contributed by atoms with E-state index in [-0.39, 0.29) is 5.95 Å². The van der Waals surface area contributed by atoms with Gasteiger partial charge in [-0.1, -0.05) is 36.9 Å². The number of nitrogens with zero attached hydrogens (tertiary/aromatic N) is 5. The van der Waals surface area contributed by atoms with Gasteiger partial charge in [0.1, 0.15) is 16.7 Å². The fourth-order valence-electron chi connectivity index (χ4n) is 2.52. The second kappa shape index (κ2) is 8.09. The number of nitrogens with one attached hydrogen (secondary N) is 1. The molecule has 0 saturated heterocycles. The predicted octanol–water partition coefficient (Wildman–Crippen LogP) is 3.46. The third-order valence-corrected chi connectivity index (χ3v) is 4.54. The lowest BCUT2D eigenvalue weighted by molar-refractivity contribution is 0.931. The Balaban J connectivity index is 1.77. The molecule has 0 fully saturated rings. The lowest BCUT2D eigenvalue weighted by Gasteiger charge is -2.10. The van der Waals surface area contributed by atoms with Crippen LogP contribution in [0.25, 0.3) is 0 Å². The van der Waals surface area contributed by atoms with Crippen LogP contribution in [0.15, 0.2) is 35.4 Å². The zero-order chi connectivity index (χ0) is 18.5. The molecule has 0 aliphatic heterocycles. The number of aryl methyl sites for hydroxylation is 3. The first-order valence-corrected chi connectivity index (χ1v) is 9.32. The van der Waals surface area contributed by atoms with Crippen molar-refractivity contribution < 1.29 is 0 Å². The van der Waals surface area contributed by atoms with E-state index in [4.69, 9.17) is 5.73 Å². The Bertz CT molecular complexity index is 894. The summed E-state index contributed by atoms with van der Waals surface area (Å²) in [5.41, 5.74) is 8.96. The molecule has 3 N–H and O–H groups in total. The van der Waals surface area contributed by atoms with Gasteiger partial charge in [0, 0.05) is 11.4 Å². The molecule has 8 heteroatoms. The number of benzene rings is 1. The molecule has 1 aromatic carbocycles. The van der Waals surface area contributed by atoms with E-state index in [1.54, 1.807) is 11.8 Å². The van der Waals surface area contributed by atoms with Crippen LogP contribution in [0.2, 0.25) is 0 Å². The molecule has 0 aliphatic rings. The van der Waals surface area contributed by atoms with Gasteiger partial charge >= 0.3 is 0 Å². The van der Waals surface area contributed by atoms with Gasteiger partial charge in [-0.3, -0.25) is 0 Å². The van der Waals surface area contributed by atoms with Crippen molar-refractivity contribution >= 4 is 29.3 Å². The van der Waals surface area contributed by atoms with Crippen LogP contribution in [-0.2, 0) is 12.2 Å². The Hall–Kier alpha value is -2.74. The smallest absolute Gasteiger partial charge is 0.232 e. The monoisotopic (exact) mass is 367 g/mol. The molecular weight excluding hydrogens is 346 g/mol. The molecule has 26 heavy (non-hydrogen) atoms. The Morgan fingerprint density at radius 3 is 2.62 bits per heavy atom. The number of nitrogen functional groups attached to an aromatic ring is 1. The molecule has 0 atom stereocenters. The fraction of sp³-hybridized carbons (Fsp3) is 0.278. The van der Waals surface area contributed by atoms with E-state index in [0.717, 1.165) is 28.7 Å². The summed E-state index contributed by atoms with van der Waals surface area (Å²) < 4.78 is 0. The maximum atomic E-state index is 5.86. The minimum absolute atomic E-state index is 0.196. The van der Waals surface area contributed by atoms with E-state index >= 15 is 0 Å². The number of rotatable bonds is 6. The third kappa shape index (κ3) is 4.66. The highest BCUT2D eigenvalue weighted by molar-refractivity contribution is 7.98. The van der Waals surface area contributed by atoms with Crippen molar-refractivity contribution in [2.24, 2.45) is 0 Å². The fourth-order valence-corrected chi connectivity index (χ4v) is 3.38. The topological polar surface area (TPSA) is 102 Å². The number of nitrogens with two attached hydrogens (primary N) is 1. The van der Waals surface area contributed by atoms with E-state index < -0.39 is 0 Å². The largest absolute Gasteiger partial charge is 0.368 e. The molecule has 3 aromatic rings. The number of thioether (sulfide) groups is 1. The highest BCUT2D eigenvalue weighted by Gasteiger charge is 2.08. The number of hydrogen-bond acceptors (Lipinski definition) is 8. The summed E-state index contributed by atoms with van der Waals surface area (Å²) in [7, 11) is 0. The summed E-state index contributed by atoms with van der Waals surface area (Å²) in [6, 6.07) is 10.0. The lowest BCUT2D eigenvalue weighted by atomic mass is 10.1. The molecule has 3 rings (SSSR count).